The Morgan fingerprint density at radius 1 is 1.55 bits per heavy atom. The van der Waals surface area contributed by atoms with Crippen LogP contribution in [0.15, 0.2) is 33.8 Å². The Balaban J connectivity index is 2.33. The predicted molar refractivity (Wildman–Crippen MR) is 71.6 cm³/mol. The molecule has 0 amide bonds. The molecule has 0 spiro atoms. The molecule has 0 saturated carbocycles. The summed E-state index contributed by atoms with van der Waals surface area (Å²) in [4.78, 5) is 16.2. The third-order valence-electron chi connectivity index (χ3n) is 3.10. The van der Waals surface area contributed by atoms with Gasteiger partial charge >= 0.3 is 5.69 Å². The Labute approximate surface area is 113 Å². The molecule has 1 aromatic rings. The standard InChI is InChI=1S/C12H15F2N5O/c1-8-5-16-3-2-10(8)18-7-17-19(12(18)20)6-9(4-15)11(13)14/h2-3,7-8H,4-6,15H2,1H3. The van der Waals surface area contributed by atoms with Crippen molar-refractivity contribution in [2.45, 2.75) is 13.5 Å². The van der Waals surface area contributed by atoms with E-state index in [1.54, 1.807) is 12.3 Å². The van der Waals surface area contributed by atoms with Gasteiger partial charge in [-0.1, -0.05) is 6.92 Å². The molecule has 0 saturated heterocycles. The lowest BCUT2D eigenvalue weighted by Crippen LogP contribution is -2.28. The van der Waals surface area contributed by atoms with Crippen molar-refractivity contribution in [2.75, 3.05) is 13.1 Å². The molecule has 1 aliphatic heterocycles. The normalized spacial score (nSPS) is 18.0. The van der Waals surface area contributed by atoms with Crippen molar-refractivity contribution in [3.8, 4) is 0 Å². The molecule has 1 aromatic heterocycles. The molecule has 0 bridgehead atoms. The van der Waals surface area contributed by atoms with E-state index in [-0.39, 0.29) is 24.6 Å². The number of nitrogens with zero attached hydrogens (tertiary/aromatic N) is 4. The summed E-state index contributed by atoms with van der Waals surface area (Å²) in [6, 6.07) is 0. The van der Waals surface area contributed by atoms with Gasteiger partial charge in [-0.3, -0.25) is 9.56 Å². The molecule has 0 fully saturated rings. The zero-order valence-corrected chi connectivity index (χ0v) is 11.0. The molecule has 20 heavy (non-hydrogen) atoms. The SMILES string of the molecule is CC1CN=CC=C1n1cnn(CC(CN)=C(F)F)c1=O. The minimum Gasteiger partial charge on any atom is -0.327 e. The Hall–Kier alpha value is -2.09. The van der Waals surface area contributed by atoms with Crippen LogP contribution in [0.25, 0.3) is 5.70 Å². The molecule has 0 aliphatic carbocycles. The van der Waals surface area contributed by atoms with Gasteiger partial charge in [-0.15, -0.1) is 0 Å². The van der Waals surface area contributed by atoms with Crippen molar-refractivity contribution < 1.29 is 8.78 Å². The maximum atomic E-state index is 12.6. The largest absolute Gasteiger partial charge is 0.350 e. The van der Waals surface area contributed by atoms with Crippen molar-refractivity contribution in [3.63, 3.8) is 0 Å². The third kappa shape index (κ3) is 2.74. The molecule has 2 rings (SSSR count). The molecule has 0 aromatic carbocycles. The molecule has 0 radical (unpaired) electrons. The number of rotatable bonds is 4. The summed E-state index contributed by atoms with van der Waals surface area (Å²) in [5.41, 5.74) is 5.20. The van der Waals surface area contributed by atoms with Crippen molar-refractivity contribution >= 4 is 11.9 Å². The van der Waals surface area contributed by atoms with E-state index in [2.05, 4.69) is 10.1 Å². The van der Waals surface area contributed by atoms with E-state index in [1.807, 2.05) is 6.92 Å². The Bertz CT molecular complexity index is 637. The van der Waals surface area contributed by atoms with Crippen LogP contribution in [0.1, 0.15) is 6.92 Å². The fourth-order valence-corrected chi connectivity index (χ4v) is 1.93. The van der Waals surface area contributed by atoms with E-state index in [9.17, 15) is 13.6 Å². The second-order valence-electron chi connectivity index (χ2n) is 4.52. The molecule has 1 aliphatic rings. The van der Waals surface area contributed by atoms with E-state index < -0.39 is 11.8 Å². The minimum atomic E-state index is -1.87. The molecule has 2 heterocycles. The van der Waals surface area contributed by atoms with Gasteiger partial charge in [0.1, 0.15) is 6.33 Å². The summed E-state index contributed by atoms with van der Waals surface area (Å²) in [5.74, 6) is 0.0674. The lowest BCUT2D eigenvalue weighted by Gasteiger charge is -2.15. The molecule has 6 nitrogen and oxygen atoms in total. The van der Waals surface area contributed by atoms with Crippen molar-refractivity contribution in [1.29, 1.82) is 0 Å². The van der Waals surface area contributed by atoms with E-state index in [1.165, 1.54) is 10.9 Å². The van der Waals surface area contributed by atoms with Crippen molar-refractivity contribution in [3.05, 3.63) is 34.5 Å². The van der Waals surface area contributed by atoms with Gasteiger partial charge in [0.15, 0.2) is 0 Å². The van der Waals surface area contributed by atoms with E-state index in [0.29, 0.717) is 6.54 Å². The maximum absolute atomic E-state index is 12.6. The first-order chi connectivity index (χ1) is 9.54. The highest BCUT2D eigenvalue weighted by molar-refractivity contribution is 5.81. The average molecular weight is 283 g/mol. The molecule has 108 valence electrons. The summed E-state index contributed by atoms with van der Waals surface area (Å²) in [7, 11) is 0. The second kappa shape index (κ2) is 5.91. The Morgan fingerprint density at radius 3 is 2.90 bits per heavy atom. The second-order valence-corrected chi connectivity index (χ2v) is 4.52. The highest BCUT2D eigenvalue weighted by atomic mass is 19.3. The van der Waals surface area contributed by atoms with Crippen LogP contribution in [0.3, 0.4) is 0 Å². The molecule has 2 N–H and O–H groups in total. The molecule has 8 heteroatoms. The predicted octanol–water partition coefficient (Wildman–Crippen LogP) is 0.716. The van der Waals surface area contributed by atoms with E-state index >= 15 is 0 Å². The fourth-order valence-electron chi connectivity index (χ4n) is 1.93. The van der Waals surface area contributed by atoms with Crippen molar-refractivity contribution in [2.24, 2.45) is 16.6 Å². The lowest BCUT2D eigenvalue weighted by molar-refractivity contribution is 0.400. The number of allylic oxidation sites excluding steroid dienone is 1. The summed E-state index contributed by atoms with van der Waals surface area (Å²) in [6.07, 6.45) is 2.79. The summed E-state index contributed by atoms with van der Waals surface area (Å²) in [5, 5.41) is 3.85. The summed E-state index contributed by atoms with van der Waals surface area (Å²) < 4.78 is 27.4. The highest BCUT2D eigenvalue weighted by Gasteiger charge is 2.17. The van der Waals surface area contributed by atoms with Gasteiger partial charge in [-0.2, -0.15) is 13.9 Å². The first kappa shape index (κ1) is 14.3. The smallest absolute Gasteiger partial charge is 0.327 e. The van der Waals surface area contributed by atoms with Gasteiger partial charge in [0.25, 0.3) is 6.08 Å². The highest BCUT2D eigenvalue weighted by Crippen LogP contribution is 2.17. The van der Waals surface area contributed by atoms with Gasteiger partial charge in [0.2, 0.25) is 0 Å². The van der Waals surface area contributed by atoms with Gasteiger partial charge in [-0.05, 0) is 6.08 Å². The number of dihydropyridines is 1. The maximum Gasteiger partial charge on any atom is 0.350 e. The van der Waals surface area contributed by atoms with Crippen LogP contribution in [0, 0.1) is 5.92 Å². The number of aliphatic imine (C=N–C) groups is 1. The van der Waals surface area contributed by atoms with Crippen LogP contribution in [0.5, 0.6) is 0 Å². The Morgan fingerprint density at radius 2 is 2.30 bits per heavy atom. The number of aromatic nitrogens is 3. The van der Waals surface area contributed by atoms with E-state index in [0.717, 1.165) is 10.4 Å². The van der Waals surface area contributed by atoms with Crippen LogP contribution in [-0.4, -0.2) is 33.7 Å². The van der Waals surface area contributed by atoms with Crippen molar-refractivity contribution in [1.82, 2.24) is 14.3 Å². The average Bonchev–Trinajstić information content (AvgIpc) is 2.77. The summed E-state index contributed by atoms with van der Waals surface area (Å²) in [6.45, 7) is 1.89. The molecule has 1 unspecified atom stereocenters. The van der Waals surface area contributed by atoms with Gasteiger partial charge in [-0.25, -0.2) is 9.48 Å². The van der Waals surface area contributed by atoms with Gasteiger partial charge < -0.3 is 5.73 Å². The fraction of sp³-hybridized carbons (Fsp3) is 0.417. The minimum absolute atomic E-state index is 0.0674. The first-order valence-electron chi connectivity index (χ1n) is 6.12. The first-order valence-corrected chi connectivity index (χ1v) is 6.12. The molecular formula is C12H15F2N5O. The number of halogens is 2. The third-order valence-corrected chi connectivity index (χ3v) is 3.10. The van der Waals surface area contributed by atoms with Crippen LogP contribution < -0.4 is 11.4 Å². The van der Waals surface area contributed by atoms with Crippen LogP contribution in [-0.2, 0) is 6.54 Å². The van der Waals surface area contributed by atoms with Crippen LogP contribution in [0.4, 0.5) is 8.78 Å². The topological polar surface area (TPSA) is 78.2 Å². The lowest BCUT2D eigenvalue weighted by atomic mass is 10.1. The zero-order valence-electron chi connectivity index (χ0n) is 11.0. The quantitative estimate of drug-likeness (QED) is 0.884. The van der Waals surface area contributed by atoms with Gasteiger partial charge in [0.05, 0.1) is 6.54 Å². The number of nitrogens with two attached hydrogens (primary N) is 1. The summed E-state index contributed by atoms with van der Waals surface area (Å²) >= 11 is 0. The molecular weight excluding hydrogens is 268 g/mol. The van der Waals surface area contributed by atoms with E-state index in [4.69, 9.17) is 5.73 Å². The van der Waals surface area contributed by atoms with Crippen LogP contribution >= 0.6 is 0 Å². The van der Waals surface area contributed by atoms with Crippen LogP contribution in [0.2, 0.25) is 0 Å². The number of hydrogen-bond donors (Lipinski definition) is 1. The Kier molecular flexibility index (Phi) is 4.23. The zero-order chi connectivity index (χ0) is 14.7. The molecule has 1 atom stereocenters. The monoisotopic (exact) mass is 283 g/mol. The number of hydrogen-bond acceptors (Lipinski definition) is 4. The van der Waals surface area contributed by atoms with Gasteiger partial charge in [0, 0.05) is 36.5 Å².